The lowest BCUT2D eigenvalue weighted by atomic mass is 9.82. The zero-order chi connectivity index (χ0) is 43.7. The second kappa shape index (κ2) is 15.6. The number of hydrogen-bond donors (Lipinski definition) is 0. The van der Waals surface area contributed by atoms with E-state index in [-0.39, 0.29) is 12.0 Å². The Bertz CT molecular complexity index is 3780. The standard InChI is InChI=1S/C62H45N3O/c1-2-49-60(44-29-25-41(26-30-44)39-15-5-3-6-16-39)63-62(64-61(49)45-31-27-42(28-32-45)40-17-7-4-8-18-40)48-37-55(59-51-23-13-14-24-56(51)66-57(59)38-48)65-53-34-33-43-19-11-12-22-50(43)58(53)52-35-46-20-9-10-21-47(46)36-54(52)65/h3-11,13-21,23-38,49,60H,2,12,22H2,1H3. The number of aromatic nitrogens is 1. The van der Waals surface area contributed by atoms with Crippen molar-refractivity contribution >= 4 is 72.1 Å². The molecular weight excluding hydrogens is 803 g/mol. The molecule has 0 amide bonds. The van der Waals surface area contributed by atoms with E-state index in [0.29, 0.717) is 5.84 Å². The van der Waals surface area contributed by atoms with Crippen molar-refractivity contribution < 1.29 is 4.42 Å². The number of nitrogens with zero attached hydrogens (tertiary/aromatic N) is 3. The van der Waals surface area contributed by atoms with Crippen LogP contribution < -0.4 is 0 Å². The van der Waals surface area contributed by atoms with Crippen LogP contribution in [0.4, 0.5) is 0 Å². The van der Waals surface area contributed by atoms with Crippen molar-refractivity contribution in [2.24, 2.45) is 15.9 Å². The van der Waals surface area contributed by atoms with E-state index in [1.165, 1.54) is 71.5 Å². The summed E-state index contributed by atoms with van der Waals surface area (Å²) in [5.74, 6) is 0.760. The van der Waals surface area contributed by atoms with Gasteiger partial charge in [0.1, 0.15) is 11.2 Å². The number of allylic oxidation sites excluding steroid dienone is 1. The molecule has 0 saturated carbocycles. The smallest absolute Gasteiger partial charge is 0.155 e. The van der Waals surface area contributed by atoms with Crippen molar-refractivity contribution in [3.63, 3.8) is 0 Å². The van der Waals surface area contributed by atoms with Gasteiger partial charge in [0.05, 0.1) is 33.9 Å². The molecule has 13 rings (SSSR count). The Morgan fingerprint density at radius 3 is 1.94 bits per heavy atom. The second-order valence-electron chi connectivity index (χ2n) is 17.8. The molecule has 9 aromatic carbocycles. The molecule has 2 aliphatic rings. The molecule has 0 bridgehead atoms. The first-order valence-electron chi connectivity index (χ1n) is 23.3. The van der Waals surface area contributed by atoms with Crippen LogP contribution in [-0.2, 0) is 6.42 Å². The first-order valence-corrected chi connectivity index (χ1v) is 23.3. The zero-order valence-corrected chi connectivity index (χ0v) is 36.7. The molecule has 1 aliphatic heterocycles. The molecular formula is C62H45N3O. The summed E-state index contributed by atoms with van der Waals surface area (Å²) in [6, 6.07) is 70.1. The van der Waals surface area contributed by atoms with Gasteiger partial charge in [-0.1, -0.05) is 177 Å². The number of furan rings is 1. The SMILES string of the molecule is CCC1C(c2ccc(-c3ccccc3)cc2)=NC(c2cc(-n3c4cc5ccccc5cc4c4c5c(ccc43)C=CCC5)c3c(c2)oc2ccccc23)=NC1c1ccc(-c2ccccc2)cc1. The van der Waals surface area contributed by atoms with Crippen molar-refractivity contribution in [3.8, 4) is 27.9 Å². The number of aryl methyl sites for hydroxylation is 1. The number of para-hydroxylation sites is 1. The van der Waals surface area contributed by atoms with Gasteiger partial charge in [0, 0.05) is 27.6 Å². The van der Waals surface area contributed by atoms with Crippen LogP contribution in [0.15, 0.2) is 215 Å². The van der Waals surface area contributed by atoms with Crippen LogP contribution in [0.25, 0.3) is 88.5 Å². The average molecular weight is 848 g/mol. The van der Waals surface area contributed by atoms with Crippen LogP contribution in [0.2, 0.25) is 0 Å². The van der Waals surface area contributed by atoms with E-state index >= 15 is 0 Å². The Labute approximate surface area is 383 Å². The molecule has 0 N–H and O–H groups in total. The summed E-state index contributed by atoms with van der Waals surface area (Å²) in [5, 5.41) is 7.20. The predicted molar refractivity (Wildman–Crippen MR) is 276 cm³/mol. The Morgan fingerprint density at radius 2 is 1.20 bits per heavy atom. The van der Waals surface area contributed by atoms with Gasteiger partial charge >= 0.3 is 0 Å². The van der Waals surface area contributed by atoms with Gasteiger partial charge in [0.2, 0.25) is 0 Å². The van der Waals surface area contributed by atoms with Gasteiger partial charge in [0.15, 0.2) is 5.84 Å². The lowest BCUT2D eigenvalue weighted by Crippen LogP contribution is -2.28. The summed E-state index contributed by atoms with van der Waals surface area (Å²) in [6.07, 6.45) is 7.52. The minimum absolute atomic E-state index is 0.0548. The number of benzene rings is 9. The van der Waals surface area contributed by atoms with Crippen LogP contribution >= 0.6 is 0 Å². The molecule has 3 heterocycles. The van der Waals surface area contributed by atoms with Crippen molar-refractivity contribution in [2.75, 3.05) is 0 Å². The third-order valence-electron chi connectivity index (χ3n) is 14.1. The Morgan fingerprint density at radius 1 is 0.545 bits per heavy atom. The molecule has 2 unspecified atom stereocenters. The van der Waals surface area contributed by atoms with Crippen LogP contribution in [0.5, 0.6) is 0 Å². The van der Waals surface area contributed by atoms with Gasteiger partial charge in [-0.25, -0.2) is 4.99 Å². The van der Waals surface area contributed by atoms with Gasteiger partial charge in [-0.15, -0.1) is 0 Å². The predicted octanol–water partition coefficient (Wildman–Crippen LogP) is 16.1. The van der Waals surface area contributed by atoms with E-state index in [1.54, 1.807) is 0 Å². The molecule has 1 aliphatic carbocycles. The molecule has 66 heavy (non-hydrogen) atoms. The average Bonchev–Trinajstić information content (AvgIpc) is 3.93. The van der Waals surface area contributed by atoms with Crippen molar-refractivity contribution in [2.45, 2.75) is 32.2 Å². The maximum Gasteiger partial charge on any atom is 0.155 e. The van der Waals surface area contributed by atoms with E-state index in [0.717, 1.165) is 63.7 Å². The second-order valence-corrected chi connectivity index (χ2v) is 17.8. The van der Waals surface area contributed by atoms with Gasteiger partial charge in [0.25, 0.3) is 0 Å². The van der Waals surface area contributed by atoms with Crippen LogP contribution in [-0.4, -0.2) is 16.1 Å². The highest BCUT2D eigenvalue weighted by molar-refractivity contribution is 6.21. The molecule has 4 heteroatoms. The van der Waals surface area contributed by atoms with E-state index in [2.05, 4.69) is 218 Å². The third kappa shape index (κ3) is 6.28. The first-order chi connectivity index (χ1) is 32.7. The largest absolute Gasteiger partial charge is 0.456 e. The van der Waals surface area contributed by atoms with Gasteiger partial charge in [-0.05, 0) is 111 Å². The maximum atomic E-state index is 6.86. The normalized spacial score (nSPS) is 16.0. The lowest BCUT2D eigenvalue weighted by molar-refractivity contribution is 0.532. The molecule has 4 nitrogen and oxygen atoms in total. The number of amidine groups is 1. The summed E-state index contributed by atoms with van der Waals surface area (Å²) in [4.78, 5) is 11.3. The molecule has 0 saturated heterocycles. The number of rotatable bonds is 7. The summed E-state index contributed by atoms with van der Waals surface area (Å²) in [6.45, 7) is 2.27. The van der Waals surface area contributed by atoms with Crippen LogP contribution in [0.1, 0.15) is 53.6 Å². The van der Waals surface area contributed by atoms with Gasteiger partial charge in [-0.3, -0.25) is 4.99 Å². The molecule has 0 spiro atoms. The highest BCUT2D eigenvalue weighted by Crippen LogP contribution is 2.44. The highest BCUT2D eigenvalue weighted by Gasteiger charge is 2.33. The zero-order valence-electron chi connectivity index (χ0n) is 36.7. The van der Waals surface area contributed by atoms with Gasteiger partial charge in [-0.2, -0.15) is 0 Å². The topological polar surface area (TPSA) is 42.8 Å². The fraction of sp³-hybridized carbons (Fsp3) is 0.0968. The Hall–Kier alpha value is -8.08. The Balaban J connectivity index is 1.06. The summed E-state index contributed by atoms with van der Waals surface area (Å²) < 4.78 is 9.35. The molecule has 314 valence electrons. The van der Waals surface area contributed by atoms with Gasteiger partial charge < -0.3 is 8.98 Å². The van der Waals surface area contributed by atoms with Crippen molar-refractivity contribution in [3.05, 3.63) is 228 Å². The quantitative estimate of drug-likeness (QED) is 0.158. The summed E-state index contributed by atoms with van der Waals surface area (Å²) in [5.41, 5.74) is 16.8. The fourth-order valence-corrected chi connectivity index (χ4v) is 10.8. The number of aliphatic imine (C=N–C) groups is 2. The Kier molecular flexibility index (Phi) is 9.06. The van der Waals surface area contributed by atoms with E-state index < -0.39 is 0 Å². The first kappa shape index (κ1) is 38.4. The van der Waals surface area contributed by atoms with E-state index in [4.69, 9.17) is 14.4 Å². The van der Waals surface area contributed by atoms with Crippen LogP contribution in [0, 0.1) is 5.92 Å². The fourth-order valence-electron chi connectivity index (χ4n) is 10.8. The molecule has 0 fully saturated rings. The molecule has 2 aromatic heterocycles. The maximum absolute atomic E-state index is 6.86. The third-order valence-corrected chi connectivity index (χ3v) is 14.1. The number of hydrogen-bond acceptors (Lipinski definition) is 3. The van der Waals surface area contributed by atoms with Crippen molar-refractivity contribution in [1.82, 2.24) is 4.57 Å². The van der Waals surface area contributed by atoms with Crippen LogP contribution in [0.3, 0.4) is 0 Å². The number of fused-ring (bicyclic) bond motifs is 9. The molecule has 11 aromatic rings. The minimum Gasteiger partial charge on any atom is -0.456 e. The summed E-state index contributed by atoms with van der Waals surface area (Å²) >= 11 is 0. The molecule has 2 atom stereocenters. The molecule has 0 radical (unpaired) electrons. The highest BCUT2D eigenvalue weighted by atomic mass is 16.3. The lowest BCUT2D eigenvalue weighted by Gasteiger charge is -2.30. The summed E-state index contributed by atoms with van der Waals surface area (Å²) in [7, 11) is 0. The van der Waals surface area contributed by atoms with Crippen molar-refractivity contribution in [1.29, 1.82) is 0 Å². The van der Waals surface area contributed by atoms with E-state index in [1.807, 2.05) is 0 Å². The minimum atomic E-state index is -0.162. The monoisotopic (exact) mass is 847 g/mol. The van der Waals surface area contributed by atoms with E-state index in [9.17, 15) is 0 Å².